The summed E-state index contributed by atoms with van der Waals surface area (Å²) in [7, 11) is 0. The van der Waals surface area contributed by atoms with E-state index in [9.17, 15) is 4.79 Å². The second kappa shape index (κ2) is 6.52. The van der Waals surface area contributed by atoms with Crippen molar-refractivity contribution in [2.75, 3.05) is 19.8 Å². The molecule has 0 bridgehead atoms. The number of ether oxygens (including phenoxy) is 2. The van der Waals surface area contributed by atoms with Crippen LogP contribution in [0.15, 0.2) is 24.3 Å². The van der Waals surface area contributed by atoms with Crippen LogP contribution in [0.5, 0.6) is 5.75 Å². The number of rotatable bonds is 5. The van der Waals surface area contributed by atoms with Crippen LogP contribution in [0, 0.1) is 0 Å². The van der Waals surface area contributed by atoms with E-state index < -0.39 is 0 Å². The molecular formula is C14H19NO3. The maximum absolute atomic E-state index is 11.6. The van der Waals surface area contributed by atoms with Crippen molar-refractivity contribution >= 4 is 5.78 Å². The lowest BCUT2D eigenvalue weighted by Gasteiger charge is -2.23. The Morgan fingerprint density at radius 1 is 1.28 bits per heavy atom. The molecule has 98 valence electrons. The lowest BCUT2D eigenvalue weighted by Crippen LogP contribution is -2.25. The number of Topliss-reactive ketones (excluding diaryl/α,β-unsaturated/α-hetero) is 1. The number of ketones is 1. The number of hydrogen-bond donors (Lipinski definition) is 1. The van der Waals surface area contributed by atoms with Gasteiger partial charge in [-0.1, -0.05) is 0 Å². The Hall–Kier alpha value is -1.39. The van der Waals surface area contributed by atoms with Crippen molar-refractivity contribution in [3.8, 4) is 5.75 Å². The Morgan fingerprint density at radius 3 is 2.56 bits per heavy atom. The van der Waals surface area contributed by atoms with E-state index in [0.29, 0.717) is 18.5 Å². The van der Waals surface area contributed by atoms with E-state index in [0.717, 1.165) is 31.8 Å². The third-order valence-corrected chi connectivity index (χ3v) is 3.02. The van der Waals surface area contributed by atoms with Crippen LogP contribution in [0.2, 0.25) is 0 Å². The number of nitrogens with two attached hydrogens (primary N) is 1. The Morgan fingerprint density at radius 2 is 1.94 bits per heavy atom. The van der Waals surface area contributed by atoms with Crippen molar-refractivity contribution in [3.05, 3.63) is 29.8 Å². The first-order valence-electron chi connectivity index (χ1n) is 6.37. The molecule has 1 aromatic rings. The third-order valence-electron chi connectivity index (χ3n) is 3.02. The summed E-state index contributed by atoms with van der Waals surface area (Å²) in [6.45, 7) is 1.91. The normalized spacial score (nSPS) is 16.5. The molecule has 0 spiro atoms. The molecule has 1 aromatic carbocycles. The summed E-state index contributed by atoms with van der Waals surface area (Å²) in [6.07, 6.45) is 2.46. The fraction of sp³-hybridized carbons (Fsp3) is 0.500. The molecule has 0 radical (unpaired) electrons. The molecule has 0 unspecified atom stereocenters. The minimum Gasteiger partial charge on any atom is -0.490 e. The van der Waals surface area contributed by atoms with Crippen LogP contribution in [-0.4, -0.2) is 31.6 Å². The number of carbonyl (C=O) groups excluding carboxylic acids is 1. The third kappa shape index (κ3) is 3.55. The Labute approximate surface area is 107 Å². The molecule has 1 aliphatic rings. The highest BCUT2D eigenvalue weighted by atomic mass is 16.5. The predicted molar refractivity (Wildman–Crippen MR) is 68.9 cm³/mol. The van der Waals surface area contributed by atoms with Crippen LogP contribution in [0.4, 0.5) is 0 Å². The number of benzene rings is 1. The average molecular weight is 249 g/mol. The zero-order valence-corrected chi connectivity index (χ0v) is 10.4. The molecule has 18 heavy (non-hydrogen) atoms. The highest BCUT2D eigenvalue weighted by Crippen LogP contribution is 2.19. The Bertz CT molecular complexity index is 383. The van der Waals surface area contributed by atoms with Crippen LogP contribution in [0.25, 0.3) is 0 Å². The van der Waals surface area contributed by atoms with E-state index >= 15 is 0 Å². The minimum absolute atomic E-state index is 0.0788. The van der Waals surface area contributed by atoms with Gasteiger partial charge < -0.3 is 15.2 Å². The number of hydrogen-bond acceptors (Lipinski definition) is 4. The molecule has 0 aliphatic carbocycles. The van der Waals surface area contributed by atoms with Crippen molar-refractivity contribution in [3.63, 3.8) is 0 Å². The van der Waals surface area contributed by atoms with E-state index in [1.54, 1.807) is 12.1 Å². The summed E-state index contributed by atoms with van der Waals surface area (Å²) < 4.78 is 11.1. The zero-order chi connectivity index (χ0) is 12.8. The maximum atomic E-state index is 11.6. The van der Waals surface area contributed by atoms with Crippen molar-refractivity contribution in [2.45, 2.75) is 25.4 Å². The van der Waals surface area contributed by atoms with E-state index in [1.807, 2.05) is 12.1 Å². The van der Waals surface area contributed by atoms with Gasteiger partial charge in [-0.2, -0.15) is 0 Å². The summed E-state index contributed by atoms with van der Waals surface area (Å²) in [5.41, 5.74) is 6.06. The molecule has 1 saturated heterocycles. The van der Waals surface area contributed by atoms with Gasteiger partial charge in [-0.15, -0.1) is 0 Å². The molecule has 1 aliphatic heterocycles. The summed E-state index contributed by atoms with van der Waals surface area (Å²) in [5, 5.41) is 0. The highest BCUT2D eigenvalue weighted by molar-refractivity contribution is 5.96. The van der Waals surface area contributed by atoms with Gasteiger partial charge in [0.1, 0.15) is 11.9 Å². The fourth-order valence-corrected chi connectivity index (χ4v) is 1.98. The Balaban J connectivity index is 1.92. The molecule has 1 heterocycles. The lowest BCUT2D eigenvalue weighted by atomic mass is 10.1. The first-order chi connectivity index (χ1) is 8.79. The molecule has 0 atom stereocenters. The van der Waals surface area contributed by atoms with Gasteiger partial charge in [0.15, 0.2) is 5.78 Å². The van der Waals surface area contributed by atoms with Gasteiger partial charge in [-0.05, 0) is 30.8 Å². The van der Waals surface area contributed by atoms with E-state index in [-0.39, 0.29) is 11.9 Å². The van der Waals surface area contributed by atoms with Crippen LogP contribution in [0.3, 0.4) is 0 Å². The summed E-state index contributed by atoms with van der Waals surface area (Å²) >= 11 is 0. The second-order valence-electron chi connectivity index (χ2n) is 4.42. The molecule has 4 heteroatoms. The van der Waals surface area contributed by atoms with Crippen molar-refractivity contribution in [1.29, 1.82) is 0 Å². The molecule has 2 rings (SSSR count). The van der Waals surface area contributed by atoms with Crippen molar-refractivity contribution < 1.29 is 14.3 Å². The largest absolute Gasteiger partial charge is 0.490 e. The van der Waals surface area contributed by atoms with Crippen molar-refractivity contribution in [2.24, 2.45) is 5.73 Å². The molecular weight excluding hydrogens is 230 g/mol. The monoisotopic (exact) mass is 249 g/mol. The molecule has 4 nitrogen and oxygen atoms in total. The van der Waals surface area contributed by atoms with Gasteiger partial charge >= 0.3 is 0 Å². The first-order valence-corrected chi connectivity index (χ1v) is 6.37. The molecule has 1 fully saturated rings. The smallest absolute Gasteiger partial charge is 0.164 e. The van der Waals surface area contributed by atoms with Crippen LogP contribution in [-0.2, 0) is 4.74 Å². The topological polar surface area (TPSA) is 61.6 Å². The summed E-state index contributed by atoms with van der Waals surface area (Å²) in [5.74, 6) is 0.890. The van der Waals surface area contributed by atoms with Gasteiger partial charge in [0.25, 0.3) is 0 Å². The lowest BCUT2D eigenvalue weighted by molar-refractivity contribution is 0.0256. The van der Waals surface area contributed by atoms with Crippen LogP contribution in [0.1, 0.15) is 29.6 Å². The van der Waals surface area contributed by atoms with Crippen LogP contribution < -0.4 is 10.5 Å². The van der Waals surface area contributed by atoms with E-state index in [1.165, 1.54) is 0 Å². The second-order valence-corrected chi connectivity index (χ2v) is 4.42. The van der Waals surface area contributed by atoms with Gasteiger partial charge in [-0.3, -0.25) is 4.79 Å². The van der Waals surface area contributed by atoms with Gasteiger partial charge in [-0.25, -0.2) is 0 Å². The number of carbonyl (C=O) groups is 1. The van der Waals surface area contributed by atoms with Crippen molar-refractivity contribution in [1.82, 2.24) is 0 Å². The SMILES string of the molecule is NCCC(=O)c1ccc(OC2CCOCC2)cc1. The van der Waals surface area contributed by atoms with Gasteiger partial charge in [0.05, 0.1) is 13.2 Å². The maximum Gasteiger partial charge on any atom is 0.164 e. The standard InChI is InChI=1S/C14H19NO3/c15-8-5-14(16)11-1-3-12(4-2-11)18-13-6-9-17-10-7-13/h1-4,13H,5-10,15H2. The fourth-order valence-electron chi connectivity index (χ4n) is 1.98. The summed E-state index contributed by atoms with van der Waals surface area (Å²) in [6, 6.07) is 7.29. The predicted octanol–water partition coefficient (Wildman–Crippen LogP) is 1.78. The minimum atomic E-state index is 0.0788. The van der Waals surface area contributed by atoms with E-state index in [4.69, 9.17) is 15.2 Å². The Kier molecular flexibility index (Phi) is 4.73. The molecule has 2 N–H and O–H groups in total. The van der Waals surface area contributed by atoms with E-state index in [2.05, 4.69) is 0 Å². The van der Waals surface area contributed by atoms with Gasteiger partial charge in [0, 0.05) is 24.8 Å². The first kappa shape index (κ1) is 13.1. The molecule has 0 aromatic heterocycles. The highest BCUT2D eigenvalue weighted by Gasteiger charge is 2.15. The average Bonchev–Trinajstić information content (AvgIpc) is 2.41. The zero-order valence-electron chi connectivity index (χ0n) is 10.4. The quantitative estimate of drug-likeness (QED) is 0.808. The molecule has 0 amide bonds. The van der Waals surface area contributed by atoms with Crippen LogP contribution >= 0.6 is 0 Å². The molecule has 0 saturated carbocycles. The van der Waals surface area contributed by atoms with Gasteiger partial charge in [0.2, 0.25) is 0 Å². The summed E-state index contributed by atoms with van der Waals surface area (Å²) in [4.78, 5) is 11.6.